The standard InChI is InChI=1S/C19H26N4OS/c1-15(2)23-10-16(8-21-23)9-22-13-19(14-22)7-18(12-25-19)24-11-17-5-3-4-6-20-17/h3-6,8,10,15,18H,7,9,11-14H2,1-2H3/t18-/m1/s1. The smallest absolute Gasteiger partial charge is 0.0892 e. The van der Waals surface area contributed by atoms with Crippen LogP contribution >= 0.6 is 11.8 Å². The average molecular weight is 359 g/mol. The van der Waals surface area contributed by atoms with Crippen molar-refractivity contribution in [1.29, 1.82) is 0 Å². The molecule has 2 aromatic rings. The molecule has 0 saturated carbocycles. The Labute approximate surface area is 153 Å². The third-order valence-electron chi connectivity index (χ3n) is 4.98. The zero-order valence-electron chi connectivity index (χ0n) is 15.0. The summed E-state index contributed by atoms with van der Waals surface area (Å²) in [7, 11) is 0. The zero-order chi connectivity index (χ0) is 17.3. The van der Waals surface area contributed by atoms with Crippen molar-refractivity contribution in [2.75, 3.05) is 18.8 Å². The minimum absolute atomic E-state index is 0.359. The van der Waals surface area contributed by atoms with E-state index >= 15 is 0 Å². The molecule has 0 radical (unpaired) electrons. The Hall–Kier alpha value is -1.37. The molecular weight excluding hydrogens is 332 g/mol. The number of pyridine rings is 1. The summed E-state index contributed by atoms with van der Waals surface area (Å²) in [6, 6.07) is 6.42. The molecule has 0 bridgehead atoms. The van der Waals surface area contributed by atoms with Gasteiger partial charge in [0.2, 0.25) is 0 Å². The van der Waals surface area contributed by atoms with E-state index in [2.05, 4.69) is 46.8 Å². The van der Waals surface area contributed by atoms with Crippen molar-refractivity contribution in [3.63, 3.8) is 0 Å². The van der Waals surface area contributed by atoms with Gasteiger partial charge in [-0.25, -0.2) is 0 Å². The van der Waals surface area contributed by atoms with Gasteiger partial charge in [0.05, 0.1) is 24.6 Å². The number of nitrogens with zero attached hydrogens (tertiary/aromatic N) is 4. The largest absolute Gasteiger partial charge is 0.371 e. The van der Waals surface area contributed by atoms with Crippen molar-refractivity contribution in [3.05, 3.63) is 48.0 Å². The predicted octanol–water partition coefficient (Wildman–Crippen LogP) is 3.14. The topological polar surface area (TPSA) is 43.2 Å². The maximum Gasteiger partial charge on any atom is 0.0892 e. The van der Waals surface area contributed by atoms with Crippen LogP contribution in [0.4, 0.5) is 0 Å². The van der Waals surface area contributed by atoms with Gasteiger partial charge in [0.25, 0.3) is 0 Å². The summed E-state index contributed by atoms with van der Waals surface area (Å²) in [6.07, 6.45) is 7.53. The van der Waals surface area contributed by atoms with Crippen molar-refractivity contribution < 1.29 is 4.74 Å². The summed E-state index contributed by atoms with van der Waals surface area (Å²) in [5.41, 5.74) is 2.33. The molecule has 2 aliphatic heterocycles. The van der Waals surface area contributed by atoms with E-state index < -0.39 is 0 Å². The number of aromatic nitrogens is 3. The highest BCUT2D eigenvalue weighted by Crippen LogP contribution is 2.46. The second kappa shape index (κ2) is 7.09. The van der Waals surface area contributed by atoms with Crippen molar-refractivity contribution in [2.45, 2.75) is 50.3 Å². The van der Waals surface area contributed by atoms with E-state index in [1.165, 1.54) is 5.56 Å². The van der Waals surface area contributed by atoms with Crippen LogP contribution in [0.25, 0.3) is 0 Å². The van der Waals surface area contributed by atoms with Crippen LogP contribution in [0.3, 0.4) is 0 Å². The van der Waals surface area contributed by atoms with Crippen molar-refractivity contribution >= 4 is 11.8 Å². The van der Waals surface area contributed by atoms with Gasteiger partial charge in [-0.05, 0) is 32.4 Å². The van der Waals surface area contributed by atoms with Gasteiger partial charge < -0.3 is 4.74 Å². The van der Waals surface area contributed by atoms with Gasteiger partial charge in [0, 0.05) is 54.1 Å². The normalized spacial score (nSPS) is 22.6. The molecule has 4 rings (SSSR count). The molecule has 4 heterocycles. The van der Waals surface area contributed by atoms with Gasteiger partial charge in [0.15, 0.2) is 0 Å². The van der Waals surface area contributed by atoms with Crippen LogP contribution < -0.4 is 0 Å². The van der Waals surface area contributed by atoms with E-state index in [9.17, 15) is 0 Å². The van der Waals surface area contributed by atoms with Crippen LogP contribution in [0.2, 0.25) is 0 Å². The Morgan fingerprint density at radius 1 is 1.36 bits per heavy atom. The molecular formula is C19H26N4OS. The molecule has 1 atom stereocenters. The predicted molar refractivity (Wildman–Crippen MR) is 101 cm³/mol. The number of hydrogen-bond acceptors (Lipinski definition) is 5. The minimum atomic E-state index is 0.359. The number of rotatable bonds is 6. The van der Waals surface area contributed by atoms with Gasteiger partial charge in [-0.1, -0.05) is 6.07 Å². The maximum absolute atomic E-state index is 6.09. The molecule has 2 aromatic heterocycles. The van der Waals surface area contributed by atoms with Crippen LogP contribution in [0.5, 0.6) is 0 Å². The van der Waals surface area contributed by atoms with E-state index in [-0.39, 0.29) is 0 Å². The van der Waals surface area contributed by atoms with Crippen LogP contribution in [0, 0.1) is 0 Å². The third kappa shape index (κ3) is 3.91. The summed E-state index contributed by atoms with van der Waals surface area (Å²) >= 11 is 2.09. The van der Waals surface area contributed by atoms with Crippen LogP contribution in [0.1, 0.15) is 37.6 Å². The van der Waals surface area contributed by atoms with Gasteiger partial charge in [-0.2, -0.15) is 5.10 Å². The Morgan fingerprint density at radius 2 is 2.24 bits per heavy atom. The van der Waals surface area contributed by atoms with Crippen molar-refractivity contribution in [2.24, 2.45) is 0 Å². The quantitative estimate of drug-likeness (QED) is 0.794. The highest BCUT2D eigenvalue weighted by atomic mass is 32.2. The molecule has 2 aliphatic rings. The molecule has 0 aromatic carbocycles. The highest BCUT2D eigenvalue weighted by Gasteiger charge is 2.49. The zero-order valence-corrected chi connectivity index (χ0v) is 15.8. The van der Waals surface area contributed by atoms with E-state index in [1.807, 2.05) is 35.3 Å². The Kier molecular flexibility index (Phi) is 4.84. The molecule has 0 N–H and O–H groups in total. The summed E-state index contributed by atoms with van der Waals surface area (Å²) in [5, 5.41) is 4.44. The van der Waals surface area contributed by atoms with E-state index in [0.717, 1.165) is 37.5 Å². The monoisotopic (exact) mass is 358 g/mol. The van der Waals surface area contributed by atoms with Gasteiger partial charge in [-0.3, -0.25) is 14.6 Å². The number of hydrogen-bond donors (Lipinski definition) is 0. The molecule has 2 fully saturated rings. The Morgan fingerprint density at radius 3 is 2.96 bits per heavy atom. The lowest BCUT2D eigenvalue weighted by atomic mass is 9.92. The highest BCUT2D eigenvalue weighted by molar-refractivity contribution is 8.01. The lowest BCUT2D eigenvalue weighted by molar-refractivity contribution is 0.0251. The number of ether oxygens (including phenoxy) is 1. The summed E-state index contributed by atoms with van der Waals surface area (Å²) in [5.74, 6) is 1.10. The molecule has 2 saturated heterocycles. The summed E-state index contributed by atoms with van der Waals surface area (Å²) < 4.78 is 8.53. The summed E-state index contributed by atoms with van der Waals surface area (Å²) in [6.45, 7) is 8.28. The molecule has 5 nitrogen and oxygen atoms in total. The first-order chi connectivity index (χ1) is 12.1. The SMILES string of the molecule is CC(C)n1cc(CN2CC3(C[C@@H](OCc4ccccn4)CS3)C2)cn1. The average Bonchev–Trinajstić information content (AvgIpc) is 3.21. The first kappa shape index (κ1) is 17.1. The Bertz CT molecular complexity index is 696. The fourth-order valence-corrected chi connectivity index (χ4v) is 5.30. The van der Waals surface area contributed by atoms with E-state index in [1.54, 1.807) is 0 Å². The third-order valence-corrected chi connectivity index (χ3v) is 6.56. The molecule has 6 heteroatoms. The maximum atomic E-state index is 6.09. The fraction of sp³-hybridized carbons (Fsp3) is 0.579. The molecule has 0 unspecified atom stereocenters. The van der Waals surface area contributed by atoms with Crippen LogP contribution in [-0.4, -0.2) is 49.4 Å². The van der Waals surface area contributed by atoms with Crippen LogP contribution in [-0.2, 0) is 17.9 Å². The van der Waals surface area contributed by atoms with Gasteiger partial charge >= 0.3 is 0 Å². The van der Waals surface area contributed by atoms with Crippen molar-refractivity contribution in [1.82, 2.24) is 19.7 Å². The van der Waals surface area contributed by atoms with E-state index in [0.29, 0.717) is 23.5 Å². The van der Waals surface area contributed by atoms with Crippen molar-refractivity contribution in [3.8, 4) is 0 Å². The van der Waals surface area contributed by atoms with E-state index in [4.69, 9.17) is 4.74 Å². The lowest BCUT2D eigenvalue weighted by Crippen LogP contribution is -2.58. The lowest BCUT2D eigenvalue weighted by Gasteiger charge is -2.47. The summed E-state index contributed by atoms with van der Waals surface area (Å²) in [4.78, 5) is 6.86. The number of thioether (sulfide) groups is 1. The second-order valence-electron chi connectivity index (χ2n) is 7.52. The number of likely N-dealkylation sites (tertiary alicyclic amines) is 1. The molecule has 0 amide bonds. The Balaban J connectivity index is 1.23. The van der Waals surface area contributed by atoms with Crippen LogP contribution in [0.15, 0.2) is 36.8 Å². The van der Waals surface area contributed by atoms with Gasteiger partial charge in [-0.15, -0.1) is 11.8 Å². The molecule has 134 valence electrons. The van der Waals surface area contributed by atoms with Gasteiger partial charge in [0.1, 0.15) is 0 Å². The second-order valence-corrected chi connectivity index (χ2v) is 9.01. The fourth-order valence-electron chi connectivity index (χ4n) is 3.70. The molecule has 25 heavy (non-hydrogen) atoms. The molecule has 0 aliphatic carbocycles. The first-order valence-electron chi connectivity index (χ1n) is 9.03. The minimum Gasteiger partial charge on any atom is -0.371 e. The molecule has 1 spiro atoms. The first-order valence-corrected chi connectivity index (χ1v) is 10.0.